The summed E-state index contributed by atoms with van der Waals surface area (Å²) in [5.41, 5.74) is 0. The van der Waals surface area contributed by atoms with Crippen molar-refractivity contribution in [2.75, 3.05) is 0 Å². The topological polar surface area (TPSA) is 34.1 Å². The van der Waals surface area contributed by atoms with E-state index in [-0.39, 0.29) is 25.9 Å². The van der Waals surface area contributed by atoms with Crippen LogP contribution in [-0.2, 0) is 6.21 Å². The molecule has 0 aliphatic rings. The fourth-order valence-corrected chi connectivity index (χ4v) is 0. The molecule has 22 valence electrons. The van der Waals surface area contributed by atoms with Gasteiger partial charge in [0.05, 0.1) is 0 Å². The molecule has 0 atom stereocenters. The predicted octanol–water partition coefficient (Wildman–Crippen LogP) is -0.774. The molecule has 4 heavy (non-hydrogen) atoms. The molecule has 0 heterocycles. The molecular formula is H2MgO2Te. The third kappa shape index (κ3) is 11.0. The SMILES string of the molecule is O=[Te]=O.[H-].[H-].[Mg+2]. The Hall–Kier alpha value is 1.16. The van der Waals surface area contributed by atoms with Crippen LogP contribution < -0.4 is 0 Å². The number of hydrogen-bond acceptors (Lipinski definition) is 2. The maximum Gasteiger partial charge on any atom is 2.00 e. The van der Waals surface area contributed by atoms with Crippen LogP contribution in [0.1, 0.15) is 2.85 Å². The van der Waals surface area contributed by atoms with Crippen LogP contribution >= 0.6 is 0 Å². The third-order valence-corrected chi connectivity index (χ3v) is 0. The second-order valence-corrected chi connectivity index (χ2v) is 0.456. The van der Waals surface area contributed by atoms with E-state index in [9.17, 15) is 0 Å². The Morgan fingerprint density at radius 1 is 1.50 bits per heavy atom. The van der Waals surface area contributed by atoms with Crippen LogP contribution in [0.3, 0.4) is 0 Å². The van der Waals surface area contributed by atoms with Gasteiger partial charge in [0.2, 0.25) is 0 Å². The van der Waals surface area contributed by atoms with Gasteiger partial charge in [-0.3, -0.25) is 0 Å². The summed E-state index contributed by atoms with van der Waals surface area (Å²) in [6, 6.07) is 0. The molecule has 0 N–H and O–H groups in total. The normalized spacial score (nSPS) is 3.00. The van der Waals surface area contributed by atoms with Crippen molar-refractivity contribution in [1.82, 2.24) is 0 Å². The van der Waals surface area contributed by atoms with Crippen molar-refractivity contribution in [3.63, 3.8) is 0 Å². The van der Waals surface area contributed by atoms with E-state index in [1.54, 1.807) is 0 Å². The monoisotopic (exact) mass is 188 g/mol. The first-order chi connectivity index (χ1) is 1.41. The molecule has 0 radical (unpaired) electrons. The van der Waals surface area contributed by atoms with Crippen LogP contribution in [0.5, 0.6) is 0 Å². The van der Waals surface area contributed by atoms with E-state index in [0.717, 1.165) is 0 Å². The van der Waals surface area contributed by atoms with E-state index in [1.165, 1.54) is 0 Å². The Morgan fingerprint density at radius 2 is 1.50 bits per heavy atom. The second-order valence-electron chi connectivity index (χ2n) is 0.0680. The Morgan fingerprint density at radius 3 is 1.50 bits per heavy atom. The Kier molecular flexibility index (Phi) is 19.9. The van der Waals surface area contributed by atoms with Crippen LogP contribution in [0.15, 0.2) is 0 Å². The van der Waals surface area contributed by atoms with Crippen LogP contribution in [0, 0.1) is 0 Å². The van der Waals surface area contributed by atoms with Gasteiger partial charge < -0.3 is 2.85 Å². The number of rotatable bonds is 0. The van der Waals surface area contributed by atoms with Gasteiger partial charge in [0.15, 0.2) is 0 Å². The average Bonchev–Trinajstić information content (AvgIpc) is 0.918. The van der Waals surface area contributed by atoms with Crippen molar-refractivity contribution >= 4 is 43.9 Å². The summed E-state index contributed by atoms with van der Waals surface area (Å²) >= 11 is -2.03. The van der Waals surface area contributed by atoms with Crippen molar-refractivity contribution in [3.05, 3.63) is 0 Å². The molecule has 0 aromatic heterocycles. The minimum Gasteiger partial charge on any atom is -1.00 e. The second kappa shape index (κ2) is 8.91. The van der Waals surface area contributed by atoms with Gasteiger partial charge in [-0.1, -0.05) is 0 Å². The molecule has 0 aliphatic carbocycles. The average molecular weight is 186 g/mol. The maximum absolute atomic E-state index is 8.50. The van der Waals surface area contributed by atoms with Gasteiger partial charge in [-0.25, -0.2) is 0 Å². The predicted molar refractivity (Wildman–Crippen MR) is 15.1 cm³/mol. The molecule has 0 rings (SSSR count). The van der Waals surface area contributed by atoms with E-state index >= 15 is 0 Å². The zero-order chi connectivity index (χ0) is 2.71. The largest absolute Gasteiger partial charge is 2.00 e. The van der Waals surface area contributed by atoms with Crippen molar-refractivity contribution in [2.45, 2.75) is 0 Å². The van der Waals surface area contributed by atoms with Crippen LogP contribution in [0.4, 0.5) is 0 Å². The molecule has 0 bridgehead atoms. The Bertz CT molecular complexity index is 32.5. The van der Waals surface area contributed by atoms with Crippen molar-refractivity contribution in [2.24, 2.45) is 0 Å². The van der Waals surface area contributed by atoms with Gasteiger partial charge in [0, 0.05) is 0 Å². The Labute approximate surface area is 52.9 Å². The van der Waals surface area contributed by atoms with E-state index in [2.05, 4.69) is 0 Å². The zero-order valence-corrected chi connectivity index (χ0v) is 5.68. The summed E-state index contributed by atoms with van der Waals surface area (Å²) in [7, 11) is 0. The molecule has 0 unspecified atom stereocenters. The first-order valence-electron chi connectivity index (χ1n) is 0.333. The molecule has 0 aromatic rings. The molecule has 0 fully saturated rings. The van der Waals surface area contributed by atoms with Crippen LogP contribution in [-0.4, -0.2) is 43.9 Å². The van der Waals surface area contributed by atoms with Gasteiger partial charge in [0.25, 0.3) is 0 Å². The van der Waals surface area contributed by atoms with Gasteiger partial charge in [-0.2, -0.15) is 0 Å². The van der Waals surface area contributed by atoms with E-state index < -0.39 is 20.9 Å². The van der Waals surface area contributed by atoms with Crippen molar-refractivity contribution < 1.29 is 9.06 Å². The summed E-state index contributed by atoms with van der Waals surface area (Å²) in [5, 5.41) is 0. The van der Waals surface area contributed by atoms with Crippen LogP contribution in [0.25, 0.3) is 0 Å². The van der Waals surface area contributed by atoms with Crippen molar-refractivity contribution in [3.8, 4) is 0 Å². The minimum atomic E-state index is -2.03. The molecule has 0 aliphatic heterocycles. The molecule has 2 nitrogen and oxygen atoms in total. The molecule has 4 heteroatoms. The minimum absolute atomic E-state index is 0. The van der Waals surface area contributed by atoms with Gasteiger partial charge in [-0.05, 0) is 0 Å². The van der Waals surface area contributed by atoms with Gasteiger partial charge in [-0.15, -0.1) is 0 Å². The van der Waals surface area contributed by atoms with Gasteiger partial charge in [0.1, 0.15) is 0 Å². The first kappa shape index (κ1) is 8.94. The maximum atomic E-state index is 8.50. The number of hydrogen-bond donors (Lipinski definition) is 0. The summed E-state index contributed by atoms with van der Waals surface area (Å²) < 4.78 is 17.0. The quantitative estimate of drug-likeness (QED) is 0.465. The standard InChI is InChI=1S/Mg.O2Te.2H/c;1-3-2;;/q+2;;2*-1. The summed E-state index contributed by atoms with van der Waals surface area (Å²) in [4.78, 5) is 0. The third-order valence-electron chi connectivity index (χ3n) is 0. The fraction of sp³-hybridized carbons (Fsp3) is 0. The summed E-state index contributed by atoms with van der Waals surface area (Å²) in [5.74, 6) is 0. The van der Waals surface area contributed by atoms with Crippen molar-refractivity contribution in [1.29, 1.82) is 0 Å². The molecule has 0 aromatic carbocycles. The molecule has 0 saturated heterocycles. The molecule has 0 saturated carbocycles. The smallest absolute Gasteiger partial charge is 1.00 e. The first-order valence-corrected chi connectivity index (χ1v) is 2.24. The molecular weight excluding hydrogens is 184 g/mol. The molecule has 0 spiro atoms. The van der Waals surface area contributed by atoms with Crippen LogP contribution in [0.2, 0.25) is 0 Å². The van der Waals surface area contributed by atoms with E-state index in [1.807, 2.05) is 0 Å². The molecule has 0 amide bonds. The Balaban J connectivity index is -0.00000000667. The van der Waals surface area contributed by atoms with E-state index in [4.69, 9.17) is 6.21 Å². The fourth-order valence-electron chi connectivity index (χ4n) is 0. The summed E-state index contributed by atoms with van der Waals surface area (Å²) in [6.07, 6.45) is 0. The van der Waals surface area contributed by atoms with Gasteiger partial charge >= 0.3 is 50.2 Å². The summed E-state index contributed by atoms with van der Waals surface area (Å²) in [6.45, 7) is 0. The van der Waals surface area contributed by atoms with E-state index in [0.29, 0.717) is 0 Å². The zero-order valence-electron chi connectivity index (χ0n) is 3.93.